The van der Waals surface area contributed by atoms with Crippen LogP contribution in [0.2, 0.25) is 0 Å². The van der Waals surface area contributed by atoms with Crippen molar-refractivity contribution in [1.29, 1.82) is 0 Å². The molecule has 0 aromatic carbocycles. The molecule has 1 aliphatic carbocycles. The van der Waals surface area contributed by atoms with E-state index in [-0.39, 0.29) is 28.9 Å². The van der Waals surface area contributed by atoms with Crippen LogP contribution >= 0.6 is 0 Å². The molecule has 0 amide bonds. The number of aromatic hydroxyl groups is 1. The van der Waals surface area contributed by atoms with E-state index in [2.05, 4.69) is 11.9 Å². The van der Waals surface area contributed by atoms with Crippen molar-refractivity contribution in [2.75, 3.05) is 14.2 Å². The Hall–Kier alpha value is -1.98. The average molecular weight is 295 g/mol. The third-order valence-electron chi connectivity index (χ3n) is 4.15. The van der Waals surface area contributed by atoms with Crippen molar-refractivity contribution in [3.8, 4) is 17.4 Å². The maximum absolute atomic E-state index is 12.5. The lowest BCUT2D eigenvalue weighted by molar-refractivity contribution is 0.0870. The fourth-order valence-corrected chi connectivity index (χ4v) is 2.84. The molecule has 1 aromatic heterocycles. The number of aromatic amines is 1. The molecule has 0 radical (unpaired) electrons. The van der Waals surface area contributed by atoms with Crippen molar-refractivity contribution in [1.82, 2.24) is 4.98 Å². The van der Waals surface area contributed by atoms with Crippen LogP contribution < -0.4 is 15.0 Å². The van der Waals surface area contributed by atoms with E-state index in [0.717, 1.165) is 25.7 Å². The minimum atomic E-state index is -0.645. The number of Topliss-reactive ketones (excluding diaryl/α,β-unsaturated/α-hetero) is 1. The Balaban J connectivity index is 2.39. The van der Waals surface area contributed by atoms with Gasteiger partial charge in [0, 0.05) is 5.92 Å². The number of ketones is 1. The lowest BCUT2D eigenvalue weighted by atomic mass is 9.79. The number of pyridine rings is 1. The number of hydrogen-bond acceptors (Lipinski definition) is 5. The number of H-pyrrole nitrogens is 1. The van der Waals surface area contributed by atoms with Gasteiger partial charge in [-0.25, -0.2) is 0 Å². The molecular weight excluding hydrogens is 274 g/mol. The number of carbonyl (C=O) groups is 1. The van der Waals surface area contributed by atoms with Crippen LogP contribution in [0.25, 0.3) is 0 Å². The van der Waals surface area contributed by atoms with E-state index in [1.165, 1.54) is 14.2 Å². The summed E-state index contributed by atoms with van der Waals surface area (Å²) in [6, 6.07) is 0. The summed E-state index contributed by atoms with van der Waals surface area (Å²) in [5.41, 5.74) is -0.874. The van der Waals surface area contributed by atoms with Crippen LogP contribution in [-0.4, -0.2) is 30.1 Å². The molecule has 2 rings (SSSR count). The van der Waals surface area contributed by atoms with Gasteiger partial charge in [0.15, 0.2) is 11.5 Å². The zero-order chi connectivity index (χ0) is 15.6. The van der Waals surface area contributed by atoms with Gasteiger partial charge < -0.3 is 14.6 Å². The molecule has 0 atom stereocenters. The summed E-state index contributed by atoms with van der Waals surface area (Å²) in [4.78, 5) is 27.0. The van der Waals surface area contributed by atoms with Gasteiger partial charge in [0.25, 0.3) is 5.56 Å². The van der Waals surface area contributed by atoms with E-state index in [1.54, 1.807) is 0 Å². The monoisotopic (exact) mass is 295 g/mol. The minimum Gasteiger partial charge on any atom is -0.503 e. The van der Waals surface area contributed by atoms with E-state index in [1.807, 2.05) is 0 Å². The first-order chi connectivity index (χ1) is 9.99. The Morgan fingerprint density at radius 1 is 1.19 bits per heavy atom. The molecule has 1 saturated carbocycles. The highest BCUT2D eigenvalue weighted by atomic mass is 16.5. The van der Waals surface area contributed by atoms with Crippen molar-refractivity contribution >= 4 is 5.78 Å². The summed E-state index contributed by atoms with van der Waals surface area (Å²) in [6.07, 6.45) is 3.41. The lowest BCUT2D eigenvalue weighted by Gasteiger charge is -2.25. The molecule has 116 valence electrons. The van der Waals surface area contributed by atoms with Crippen molar-refractivity contribution in [2.24, 2.45) is 11.8 Å². The topological polar surface area (TPSA) is 88.6 Å². The Bertz CT molecular complexity index is 584. The molecule has 0 saturated heterocycles. The Morgan fingerprint density at radius 3 is 2.33 bits per heavy atom. The summed E-state index contributed by atoms with van der Waals surface area (Å²) in [6.45, 7) is 2.15. The standard InChI is InChI=1S/C15H21NO5/c1-8-4-6-9(7-5-8)11(17)10-12(18)13(20-2)15(21-3)16-14(10)19/h8-9H,4-7H2,1-3H3,(H2,16,18,19). The second kappa shape index (κ2) is 6.20. The average Bonchev–Trinajstić information content (AvgIpc) is 2.47. The molecule has 0 unspecified atom stereocenters. The van der Waals surface area contributed by atoms with Gasteiger partial charge in [-0.2, -0.15) is 0 Å². The molecule has 6 nitrogen and oxygen atoms in total. The first-order valence-corrected chi connectivity index (χ1v) is 7.11. The van der Waals surface area contributed by atoms with Gasteiger partial charge in [0.2, 0.25) is 11.6 Å². The first kappa shape index (κ1) is 15.4. The van der Waals surface area contributed by atoms with Gasteiger partial charge in [-0.05, 0) is 18.8 Å². The van der Waals surface area contributed by atoms with E-state index in [4.69, 9.17) is 9.47 Å². The summed E-state index contributed by atoms with van der Waals surface area (Å²) in [5, 5.41) is 10.2. The van der Waals surface area contributed by atoms with Crippen molar-refractivity contribution in [3.63, 3.8) is 0 Å². The zero-order valence-electron chi connectivity index (χ0n) is 12.6. The summed E-state index contributed by atoms with van der Waals surface area (Å²) >= 11 is 0. The third-order valence-corrected chi connectivity index (χ3v) is 4.15. The van der Waals surface area contributed by atoms with Gasteiger partial charge >= 0.3 is 0 Å². The molecule has 2 N–H and O–H groups in total. The van der Waals surface area contributed by atoms with Crippen LogP contribution in [0.1, 0.15) is 43.0 Å². The number of rotatable bonds is 4. The molecular formula is C15H21NO5. The van der Waals surface area contributed by atoms with Crippen LogP contribution in [0.5, 0.6) is 17.4 Å². The van der Waals surface area contributed by atoms with E-state index in [0.29, 0.717) is 5.92 Å². The number of carbonyl (C=O) groups excluding carboxylic acids is 1. The molecule has 1 heterocycles. The maximum atomic E-state index is 12.5. The van der Waals surface area contributed by atoms with Crippen molar-refractivity contribution < 1.29 is 19.4 Å². The van der Waals surface area contributed by atoms with E-state index >= 15 is 0 Å². The molecule has 6 heteroatoms. The Kier molecular flexibility index (Phi) is 4.55. The number of ether oxygens (including phenoxy) is 2. The normalized spacial score (nSPS) is 21.9. The van der Waals surface area contributed by atoms with Gasteiger partial charge in [0.1, 0.15) is 5.56 Å². The Morgan fingerprint density at radius 2 is 1.81 bits per heavy atom. The van der Waals surface area contributed by atoms with Gasteiger partial charge in [0.05, 0.1) is 14.2 Å². The molecule has 0 bridgehead atoms. The number of aromatic nitrogens is 1. The molecule has 21 heavy (non-hydrogen) atoms. The van der Waals surface area contributed by atoms with Gasteiger partial charge in [-0.1, -0.05) is 19.8 Å². The third kappa shape index (κ3) is 2.89. The summed E-state index contributed by atoms with van der Waals surface area (Å²) in [7, 11) is 2.68. The molecule has 0 aliphatic heterocycles. The quantitative estimate of drug-likeness (QED) is 0.830. The maximum Gasteiger partial charge on any atom is 0.265 e. The SMILES string of the molecule is COc1[nH]c(=O)c(C(=O)C2CCC(C)CC2)c(O)c1OC. The second-order valence-corrected chi connectivity index (χ2v) is 5.57. The largest absolute Gasteiger partial charge is 0.503 e. The van der Waals surface area contributed by atoms with Crippen LogP contribution in [0.15, 0.2) is 4.79 Å². The van der Waals surface area contributed by atoms with Crippen LogP contribution in [0.4, 0.5) is 0 Å². The molecule has 1 fully saturated rings. The summed E-state index contributed by atoms with van der Waals surface area (Å²) in [5.74, 6) is -0.389. The smallest absolute Gasteiger partial charge is 0.265 e. The fourth-order valence-electron chi connectivity index (χ4n) is 2.84. The fraction of sp³-hybridized carbons (Fsp3) is 0.600. The predicted octanol–water partition coefficient (Wildman–Crippen LogP) is 2.11. The number of nitrogens with one attached hydrogen (secondary N) is 1. The van der Waals surface area contributed by atoms with Crippen LogP contribution in [-0.2, 0) is 0 Å². The first-order valence-electron chi connectivity index (χ1n) is 7.11. The highest BCUT2D eigenvalue weighted by Gasteiger charge is 2.31. The predicted molar refractivity (Wildman–Crippen MR) is 77.3 cm³/mol. The second-order valence-electron chi connectivity index (χ2n) is 5.57. The lowest BCUT2D eigenvalue weighted by Crippen LogP contribution is -2.27. The van der Waals surface area contributed by atoms with E-state index < -0.39 is 11.3 Å². The van der Waals surface area contributed by atoms with Crippen LogP contribution in [0.3, 0.4) is 0 Å². The number of hydrogen-bond donors (Lipinski definition) is 2. The van der Waals surface area contributed by atoms with Crippen molar-refractivity contribution in [3.05, 3.63) is 15.9 Å². The highest BCUT2D eigenvalue weighted by molar-refractivity contribution is 6.00. The Labute approximate surface area is 123 Å². The molecule has 1 aromatic rings. The molecule has 0 spiro atoms. The number of methoxy groups -OCH3 is 2. The minimum absolute atomic E-state index is 0.00816. The van der Waals surface area contributed by atoms with Crippen LogP contribution in [0, 0.1) is 11.8 Å². The molecule has 1 aliphatic rings. The summed E-state index contributed by atoms with van der Waals surface area (Å²) < 4.78 is 9.96. The van der Waals surface area contributed by atoms with Gasteiger partial charge in [-0.3, -0.25) is 14.6 Å². The highest BCUT2D eigenvalue weighted by Crippen LogP contribution is 2.38. The van der Waals surface area contributed by atoms with Gasteiger partial charge in [-0.15, -0.1) is 0 Å². The zero-order valence-corrected chi connectivity index (χ0v) is 12.6. The van der Waals surface area contributed by atoms with Crippen molar-refractivity contribution in [2.45, 2.75) is 32.6 Å². The van der Waals surface area contributed by atoms with E-state index in [9.17, 15) is 14.7 Å².